The van der Waals surface area contributed by atoms with Crippen LogP contribution in [0, 0.1) is 6.92 Å². The van der Waals surface area contributed by atoms with E-state index in [-0.39, 0.29) is 6.04 Å². The average Bonchev–Trinajstić information content (AvgIpc) is 3.41. The van der Waals surface area contributed by atoms with E-state index in [2.05, 4.69) is 103 Å². The van der Waals surface area contributed by atoms with Crippen LogP contribution < -0.4 is 5.32 Å². The Balaban J connectivity index is 1.35. The molecule has 1 atom stereocenters. The molecule has 0 radical (unpaired) electrons. The van der Waals surface area contributed by atoms with E-state index in [9.17, 15) is 0 Å². The number of nitrogens with zero attached hydrogens (tertiary/aromatic N) is 3. The minimum Gasteiger partial charge on any atom is -0.380 e. The van der Waals surface area contributed by atoms with Crippen LogP contribution in [-0.2, 0) is 6.42 Å². The van der Waals surface area contributed by atoms with Gasteiger partial charge in [-0.3, -0.25) is 10.1 Å². The summed E-state index contributed by atoms with van der Waals surface area (Å²) in [5.74, 6) is 0.850. The molecule has 0 fully saturated rings. The third-order valence-corrected chi connectivity index (χ3v) is 7.04. The number of H-pyrrole nitrogens is 1. The lowest BCUT2D eigenvalue weighted by Crippen LogP contribution is -2.34. The third kappa shape index (κ3) is 4.84. The van der Waals surface area contributed by atoms with E-state index in [1.54, 1.807) is 11.8 Å². The number of aryl methyl sites for hydroxylation is 1. The Labute approximate surface area is 200 Å². The normalized spacial score (nSPS) is 14.6. The van der Waals surface area contributed by atoms with Crippen LogP contribution in [0.2, 0.25) is 0 Å². The first kappa shape index (κ1) is 21.1. The quantitative estimate of drug-likeness (QED) is 0.322. The summed E-state index contributed by atoms with van der Waals surface area (Å²) in [6.45, 7) is 2.85. The molecule has 0 saturated carbocycles. The van der Waals surface area contributed by atoms with Crippen LogP contribution in [-0.4, -0.2) is 38.7 Å². The standard InChI is InChI=1S/C25H24BrN5S/c1-17-23-14-19(10-11-24(23)29-28-17)25-30-31(16-32-25)15-22(27-21-8-3-2-4-9-21)13-18-6-5-7-20(26)12-18/h2-12,14,22,27H,13,15-16H2,1H3,(H,28,29)/t22-/m0/s1. The SMILES string of the molecule is Cc1n[nH]c2ccc(C3=NN(C[C@H](Cc4cccc(Br)c4)Nc4ccccc4)CS3)cc12. The summed E-state index contributed by atoms with van der Waals surface area (Å²) < 4.78 is 1.11. The van der Waals surface area contributed by atoms with Gasteiger partial charge in [-0.05, 0) is 55.3 Å². The van der Waals surface area contributed by atoms with Crippen LogP contribution in [0.25, 0.3) is 10.9 Å². The number of thioether (sulfide) groups is 1. The van der Waals surface area contributed by atoms with Gasteiger partial charge >= 0.3 is 0 Å². The van der Waals surface area contributed by atoms with Crippen LogP contribution in [0.4, 0.5) is 5.69 Å². The number of aromatic amines is 1. The molecular formula is C25H24BrN5S. The lowest BCUT2D eigenvalue weighted by atomic mass is 10.1. The summed E-state index contributed by atoms with van der Waals surface area (Å²) in [5, 5.41) is 20.4. The van der Waals surface area contributed by atoms with Crippen LogP contribution in [0.5, 0.6) is 0 Å². The largest absolute Gasteiger partial charge is 0.380 e. The van der Waals surface area contributed by atoms with Gasteiger partial charge in [-0.2, -0.15) is 10.2 Å². The van der Waals surface area contributed by atoms with E-state index in [0.29, 0.717) is 0 Å². The Morgan fingerprint density at radius 3 is 2.81 bits per heavy atom. The molecule has 1 aromatic heterocycles. The van der Waals surface area contributed by atoms with Crippen molar-refractivity contribution >= 4 is 49.3 Å². The number of para-hydroxylation sites is 1. The van der Waals surface area contributed by atoms with Gasteiger partial charge < -0.3 is 5.32 Å². The molecule has 1 aliphatic rings. The van der Waals surface area contributed by atoms with Crippen molar-refractivity contribution in [3.63, 3.8) is 0 Å². The van der Waals surface area contributed by atoms with Crippen molar-refractivity contribution in [2.75, 3.05) is 17.7 Å². The number of aromatic nitrogens is 2. The molecule has 2 N–H and O–H groups in total. The van der Waals surface area contributed by atoms with E-state index in [1.165, 1.54) is 5.56 Å². The fourth-order valence-electron chi connectivity index (χ4n) is 3.97. The van der Waals surface area contributed by atoms with Crippen LogP contribution >= 0.6 is 27.7 Å². The first-order valence-corrected chi connectivity index (χ1v) is 12.4. The van der Waals surface area contributed by atoms with Gasteiger partial charge in [0.05, 0.1) is 23.6 Å². The molecule has 0 saturated heterocycles. The van der Waals surface area contributed by atoms with Gasteiger partial charge in [0, 0.05) is 27.2 Å². The van der Waals surface area contributed by atoms with Gasteiger partial charge in [-0.25, -0.2) is 0 Å². The van der Waals surface area contributed by atoms with Crippen LogP contribution in [0.1, 0.15) is 16.8 Å². The van der Waals surface area contributed by atoms with Gasteiger partial charge in [0.15, 0.2) is 0 Å². The number of anilines is 1. The highest BCUT2D eigenvalue weighted by atomic mass is 79.9. The molecule has 2 heterocycles. The van der Waals surface area contributed by atoms with Gasteiger partial charge in [-0.1, -0.05) is 64.1 Å². The van der Waals surface area contributed by atoms with Crippen LogP contribution in [0.3, 0.4) is 0 Å². The highest BCUT2D eigenvalue weighted by Crippen LogP contribution is 2.27. The summed E-state index contributed by atoms with van der Waals surface area (Å²) in [7, 11) is 0. The average molecular weight is 506 g/mol. The zero-order valence-electron chi connectivity index (χ0n) is 17.8. The van der Waals surface area contributed by atoms with Crippen molar-refractivity contribution < 1.29 is 0 Å². The Bertz CT molecular complexity index is 1250. The predicted molar refractivity (Wildman–Crippen MR) is 138 cm³/mol. The summed E-state index contributed by atoms with van der Waals surface area (Å²) in [4.78, 5) is 0. The van der Waals surface area contributed by atoms with E-state index in [0.717, 1.165) is 56.2 Å². The zero-order valence-corrected chi connectivity index (χ0v) is 20.2. The van der Waals surface area contributed by atoms with Crippen molar-refractivity contribution in [3.8, 4) is 0 Å². The monoisotopic (exact) mass is 505 g/mol. The van der Waals surface area contributed by atoms with Gasteiger partial charge in [0.1, 0.15) is 5.04 Å². The molecule has 0 amide bonds. The first-order chi connectivity index (χ1) is 15.6. The van der Waals surface area contributed by atoms with Crippen LogP contribution in [0.15, 0.2) is 82.4 Å². The summed E-state index contributed by atoms with van der Waals surface area (Å²) in [5.41, 5.74) is 5.65. The molecule has 1 aliphatic heterocycles. The fraction of sp³-hybridized carbons (Fsp3) is 0.200. The van der Waals surface area contributed by atoms with E-state index in [1.807, 2.05) is 13.0 Å². The van der Waals surface area contributed by atoms with Crippen molar-refractivity contribution in [3.05, 3.63) is 94.1 Å². The molecule has 5 rings (SSSR count). The minimum absolute atomic E-state index is 0.231. The van der Waals surface area contributed by atoms with E-state index in [4.69, 9.17) is 5.10 Å². The van der Waals surface area contributed by atoms with E-state index >= 15 is 0 Å². The summed E-state index contributed by atoms with van der Waals surface area (Å²) in [6, 6.07) is 25.6. The summed E-state index contributed by atoms with van der Waals surface area (Å²) in [6.07, 6.45) is 0.917. The molecule has 0 unspecified atom stereocenters. The maximum absolute atomic E-state index is 4.95. The molecular weight excluding hydrogens is 482 g/mol. The Morgan fingerprint density at radius 2 is 1.97 bits per heavy atom. The van der Waals surface area contributed by atoms with E-state index < -0.39 is 0 Å². The molecule has 32 heavy (non-hydrogen) atoms. The topological polar surface area (TPSA) is 56.3 Å². The van der Waals surface area contributed by atoms with Crippen molar-refractivity contribution in [2.24, 2.45) is 5.10 Å². The Morgan fingerprint density at radius 1 is 1.09 bits per heavy atom. The first-order valence-electron chi connectivity index (χ1n) is 10.6. The van der Waals surface area contributed by atoms with Gasteiger partial charge in [0.25, 0.3) is 0 Å². The molecule has 5 nitrogen and oxygen atoms in total. The number of nitrogens with one attached hydrogen (secondary N) is 2. The zero-order chi connectivity index (χ0) is 21.9. The molecule has 7 heteroatoms. The third-order valence-electron chi connectivity index (χ3n) is 5.53. The second kappa shape index (κ2) is 9.38. The number of hydrogen-bond donors (Lipinski definition) is 2. The Hall–Kier alpha value is -2.77. The number of rotatable bonds is 7. The fourth-order valence-corrected chi connectivity index (χ4v) is 5.32. The molecule has 3 aromatic carbocycles. The number of hydrazone groups is 1. The second-order valence-electron chi connectivity index (χ2n) is 7.98. The maximum Gasteiger partial charge on any atom is 0.125 e. The molecule has 162 valence electrons. The summed E-state index contributed by atoms with van der Waals surface area (Å²) >= 11 is 5.39. The predicted octanol–water partition coefficient (Wildman–Crippen LogP) is 6.03. The number of halogens is 1. The highest BCUT2D eigenvalue weighted by molar-refractivity contribution is 9.10. The maximum atomic E-state index is 4.95. The van der Waals surface area contributed by atoms with Crippen molar-refractivity contribution in [1.29, 1.82) is 0 Å². The number of benzene rings is 3. The Kier molecular flexibility index (Phi) is 6.19. The highest BCUT2D eigenvalue weighted by Gasteiger charge is 2.21. The molecule has 4 aromatic rings. The molecule has 0 aliphatic carbocycles. The van der Waals surface area contributed by atoms with Gasteiger partial charge in [-0.15, -0.1) is 0 Å². The minimum atomic E-state index is 0.231. The van der Waals surface area contributed by atoms with Crippen molar-refractivity contribution in [1.82, 2.24) is 15.2 Å². The lowest BCUT2D eigenvalue weighted by molar-refractivity contribution is 0.328. The molecule has 0 spiro atoms. The smallest absolute Gasteiger partial charge is 0.125 e. The number of fused-ring (bicyclic) bond motifs is 1. The van der Waals surface area contributed by atoms with Gasteiger partial charge in [0.2, 0.25) is 0 Å². The van der Waals surface area contributed by atoms with Crippen molar-refractivity contribution in [2.45, 2.75) is 19.4 Å². The molecule has 0 bridgehead atoms. The second-order valence-corrected chi connectivity index (χ2v) is 9.83. The number of hydrogen-bond acceptors (Lipinski definition) is 5. The lowest BCUT2D eigenvalue weighted by Gasteiger charge is -2.24.